The molecule has 0 radical (unpaired) electrons. The Bertz CT molecular complexity index is 1910. The number of hydrogen-bond donors (Lipinski definition) is 0. The van der Waals surface area contributed by atoms with Crippen molar-refractivity contribution in [3.05, 3.63) is 30.6 Å². The first-order chi connectivity index (χ1) is 30.2. The van der Waals surface area contributed by atoms with Gasteiger partial charge < -0.3 is 4.74 Å². The second-order valence-electron chi connectivity index (χ2n) is 19.4. The molecule has 4 heterocycles. The molecule has 354 valence electrons. The number of carbonyl (C=O) groups excluding carboxylic acids is 1. The van der Waals surface area contributed by atoms with Crippen LogP contribution in [0.4, 0.5) is 0 Å². The first-order valence-electron chi connectivity index (χ1n) is 24.5. The van der Waals surface area contributed by atoms with Crippen molar-refractivity contribution >= 4 is 156 Å². The summed E-state index contributed by atoms with van der Waals surface area (Å²) in [6, 6.07) is 6.93. The van der Waals surface area contributed by atoms with Gasteiger partial charge in [-0.3, -0.25) is 0 Å². The second-order valence-corrected chi connectivity index (χ2v) is 57.1. The fraction of sp³-hybridized carbons (Fsp3) is 0.667. The maximum atomic E-state index is 12.2. The third-order valence-electron chi connectivity index (χ3n) is 11.6. The Balaban J connectivity index is 0.000000302. The van der Waals surface area contributed by atoms with Crippen molar-refractivity contribution in [3.8, 4) is 11.5 Å². The van der Waals surface area contributed by atoms with E-state index in [1.165, 1.54) is 147 Å². The molecule has 0 amide bonds. The number of fused-ring (bicyclic) bond motifs is 3. The summed E-state index contributed by atoms with van der Waals surface area (Å²) in [4.78, 5) is 28.0. The van der Waals surface area contributed by atoms with Crippen molar-refractivity contribution in [1.29, 1.82) is 0 Å². The van der Waals surface area contributed by atoms with Gasteiger partial charge >= 0.3 is 244 Å². The second kappa shape index (κ2) is 29.5. The molecule has 0 spiro atoms. The molecule has 63 heavy (non-hydrogen) atoms. The van der Waals surface area contributed by atoms with Gasteiger partial charge in [-0.05, 0) is 44.3 Å². The van der Waals surface area contributed by atoms with Crippen LogP contribution in [0.1, 0.15) is 172 Å². The first-order valence-corrected chi connectivity index (χ1v) is 49.4. The van der Waals surface area contributed by atoms with Crippen molar-refractivity contribution in [3.63, 3.8) is 0 Å². The number of benzene rings is 1. The Kier molecular flexibility index (Phi) is 26.2. The van der Waals surface area contributed by atoms with Crippen LogP contribution in [-0.2, 0) is 4.74 Å². The number of hydrogen-bond acceptors (Lipinski definition) is 8. The average Bonchev–Trinajstić information content (AvgIpc) is 4.04. The van der Waals surface area contributed by atoms with Crippen molar-refractivity contribution in [2.75, 3.05) is 19.8 Å². The quantitative estimate of drug-likeness (QED) is 0.0261. The number of unbranched alkanes of at least 4 members (excludes halogenated alkanes) is 19. The van der Waals surface area contributed by atoms with Gasteiger partial charge in [0.1, 0.15) is 4.88 Å². The Morgan fingerprint density at radius 3 is 1.22 bits per heavy atom. The van der Waals surface area contributed by atoms with Gasteiger partial charge in [-0.25, -0.2) is 4.79 Å². The third-order valence-corrected chi connectivity index (χ3v) is 36.8. The van der Waals surface area contributed by atoms with Crippen LogP contribution in [-0.4, -0.2) is 62.5 Å². The normalized spacial score (nSPS) is 12.1. The summed E-state index contributed by atoms with van der Waals surface area (Å²) in [6.07, 6.45) is 28.4. The van der Waals surface area contributed by atoms with E-state index in [4.69, 9.17) is 14.2 Å². The third kappa shape index (κ3) is 18.4. The van der Waals surface area contributed by atoms with Crippen molar-refractivity contribution in [1.82, 2.24) is 0 Å². The monoisotopic (exact) mass is 1280 g/mol. The molecule has 1 aromatic carbocycles. The molecule has 0 saturated heterocycles. The van der Waals surface area contributed by atoms with E-state index >= 15 is 0 Å². The van der Waals surface area contributed by atoms with E-state index in [1.54, 1.807) is 17.1 Å². The molecule has 0 unspecified atom stereocenters. The van der Waals surface area contributed by atoms with Gasteiger partial charge in [0, 0.05) is 5.39 Å². The van der Waals surface area contributed by atoms with Crippen LogP contribution in [0.5, 0.6) is 11.5 Å². The summed E-state index contributed by atoms with van der Waals surface area (Å²) in [7, 11) is 0. The predicted octanol–water partition coefficient (Wildman–Crippen LogP) is 19.3. The van der Waals surface area contributed by atoms with Crippen molar-refractivity contribution in [2.45, 2.75) is 192 Å². The number of ether oxygens (including phenoxy) is 3. The van der Waals surface area contributed by atoms with Gasteiger partial charge in [-0.2, -0.15) is 0 Å². The zero-order valence-corrected chi connectivity index (χ0v) is 52.6. The average molecular weight is 1280 g/mol. The Labute approximate surface area is 423 Å². The van der Waals surface area contributed by atoms with E-state index in [0.29, 0.717) is 11.5 Å². The minimum absolute atomic E-state index is 0.194. The zero-order chi connectivity index (χ0) is 45.8. The summed E-state index contributed by atoms with van der Waals surface area (Å²) >= 11 is 9.74. The molecular weight excluding hydrogens is 1200 g/mol. The fourth-order valence-corrected chi connectivity index (χ4v) is 24.7. The maximum absolute atomic E-state index is 12.2. The van der Waals surface area contributed by atoms with Gasteiger partial charge in [-0.1, -0.05) is 78.6 Å². The molecule has 0 N–H and O–H groups in total. The summed E-state index contributed by atoms with van der Waals surface area (Å²) in [6.45, 7) is 9.01. The zero-order valence-electron chi connectivity index (χ0n) is 40.4. The summed E-state index contributed by atoms with van der Waals surface area (Å²) in [5.41, 5.74) is 0. The number of carbonyl (C=O) groups is 1. The molecular formula is C51H80Br2O4S4Sn2. The SMILES string of the molecule is CCCCCCCCCCCCOC(=O)c1cc2c(Br)sc(Br)c2s1.CCCCCCCCOc1c2c[c]([Sn]([CH3])([CH3])[CH3])sc2c(OCCCCCCCC)c2c[c]([Sn]([CH3])([CH3])[CH3])sc12. The Morgan fingerprint density at radius 2 is 0.841 bits per heavy atom. The topological polar surface area (TPSA) is 44.8 Å². The van der Waals surface area contributed by atoms with E-state index in [0.717, 1.165) is 68.1 Å². The number of halogens is 2. The molecule has 0 aliphatic heterocycles. The van der Waals surface area contributed by atoms with Gasteiger partial charge in [0.2, 0.25) is 0 Å². The number of esters is 1. The first kappa shape index (κ1) is 56.0. The summed E-state index contributed by atoms with van der Waals surface area (Å²) in [5.74, 6) is 2.11. The molecule has 4 nitrogen and oxygen atoms in total. The van der Waals surface area contributed by atoms with Crippen LogP contribution < -0.4 is 15.3 Å². The van der Waals surface area contributed by atoms with Gasteiger partial charge in [-0.15, -0.1) is 22.7 Å². The van der Waals surface area contributed by atoms with Gasteiger partial charge in [0.25, 0.3) is 0 Å². The number of rotatable bonds is 30. The summed E-state index contributed by atoms with van der Waals surface area (Å²) in [5, 5.41) is 3.74. The van der Waals surface area contributed by atoms with Crippen LogP contribution >= 0.6 is 77.2 Å². The molecule has 4 aromatic heterocycles. The van der Waals surface area contributed by atoms with E-state index in [9.17, 15) is 4.79 Å². The molecule has 0 fully saturated rings. The molecule has 5 aromatic rings. The van der Waals surface area contributed by atoms with E-state index in [-0.39, 0.29) is 5.97 Å². The van der Waals surface area contributed by atoms with E-state index in [2.05, 4.69) is 94.4 Å². The predicted molar refractivity (Wildman–Crippen MR) is 298 cm³/mol. The van der Waals surface area contributed by atoms with Crippen LogP contribution in [0.2, 0.25) is 29.6 Å². The molecule has 12 heteroatoms. The molecule has 0 aliphatic carbocycles. The molecule has 0 bridgehead atoms. The number of thiophene rings is 4. The fourth-order valence-electron chi connectivity index (χ4n) is 7.63. The molecule has 5 rings (SSSR count). The van der Waals surface area contributed by atoms with E-state index in [1.807, 2.05) is 28.7 Å². The van der Waals surface area contributed by atoms with Crippen molar-refractivity contribution < 1.29 is 19.0 Å². The van der Waals surface area contributed by atoms with Gasteiger partial charge in [0.05, 0.1) is 18.9 Å². The summed E-state index contributed by atoms with van der Waals surface area (Å²) < 4.78 is 28.1. The van der Waals surface area contributed by atoms with Crippen molar-refractivity contribution in [2.24, 2.45) is 0 Å². The minimum atomic E-state index is -2.25. The Morgan fingerprint density at radius 1 is 0.460 bits per heavy atom. The van der Waals surface area contributed by atoms with Gasteiger partial charge in [0.15, 0.2) is 0 Å². The van der Waals surface area contributed by atoms with Crippen LogP contribution in [0, 0.1) is 0 Å². The van der Waals surface area contributed by atoms with Crippen LogP contribution in [0.25, 0.3) is 30.3 Å². The van der Waals surface area contributed by atoms with E-state index < -0.39 is 36.8 Å². The molecule has 0 saturated carbocycles. The Hall–Kier alpha value is 0.427. The van der Waals surface area contributed by atoms with Crippen LogP contribution in [0.15, 0.2) is 25.8 Å². The van der Waals surface area contributed by atoms with Crippen LogP contribution in [0.3, 0.4) is 0 Å². The molecule has 0 atom stereocenters. The molecule has 0 aliphatic rings. The standard InChI is InChI=1S/C26H36O2S2.C19H26Br2O2S2.6CH3.2Sn/c1-3-5-7-9-11-13-17-27-23-21-15-19-30-26(21)24(22-16-20-29-25(22)23)28-18-14-12-10-8-6-4-2;1-2-3-4-5-6-7-8-9-10-11-12-23-19(22)15-13-14-16(24-15)18(21)25-17(14)20;;;;;;;;/h15-16H,3-14,17-18H2,1-2H3;13H,2-12H2,1H3;6*1H3;;.